The van der Waals surface area contributed by atoms with Gasteiger partial charge in [-0.15, -0.1) is 13.0 Å². The number of hydrogen-bond donors (Lipinski definition) is 1. The van der Waals surface area contributed by atoms with E-state index in [0.29, 0.717) is 5.57 Å². The van der Waals surface area contributed by atoms with Crippen molar-refractivity contribution in [2.45, 2.75) is 20.0 Å². The third-order valence-corrected chi connectivity index (χ3v) is 8.16. The van der Waals surface area contributed by atoms with E-state index < -0.39 is 0 Å². The maximum atomic E-state index is 10.6. The molecule has 2 atom stereocenters. The van der Waals surface area contributed by atoms with Crippen LogP contribution in [0.15, 0.2) is 45.3 Å². The van der Waals surface area contributed by atoms with Gasteiger partial charge in [-0.1, -0.05) is 44.7 Å². The van der Waals surface area contributed by atoms with Crippen LogP contribution < -0.4 is 0 Å². The standard InChI is InChI=1S/C17H18I2O3.U/c1-12(11-20)6-7-14-9-15(13(2)21)10-19-17(14)22-16-5-3-4-8-18-16;/h3-9,13,15,21H,10H2,1-2H3;/q-2;+2/p+1/t13-,15?;/m1./s1. The Kier molecular flexibility index (Phi) is 10.5. The van der Waals surface area contributed by atoms with E-state index in [2.05, 4.69) is 22.2 Å². The zero-order chi connectivity index (χ0) is 15.9. The van der Waals surface area contributed by atoms with Crippen LogP contribution in [-0.2, 0) is 4.79 Å². The molecule has 0 bridgehead atoms. The fraction of sp³-hybridized carbons (Fsp3) is 0.294. The van der Waals surface area contributed by atoms with Crippen LogP contribution in [0.5, 0.6) is 0 Å². The van der Waals surface area contributed by atoms with Crippen molar-refractivity contribution in [3.63, 3.8) is 0 Å². The van der Waals surface area contributed by atoms with Gasteiger partial charge in [-0.25, -0.2) is 6.42 Å². The Morgan fingerprint density at radius 1 is 1.57 bits per heavy atom. The number of aliphatic hydroxyl groups is 3. The van der Waals surface area contributed by atoms with E-state index in [-0.39, 0.29) is 84.6 Å². The van der Waals surface area contributed by atoms with E-state index in [9.17, 15) is 9.90 Å². The molecule has 122 valence electrons. The van der Waals surface area contributed by atoms with Crippen molar-refractivity contribution in [1.29, 1.82) is 0 Å². The molecular weight excluding hydrogens is 744 g/mol. The number of hydrogen-bond acceptors (Lipinski definition) is 2. The topological polar surface area (TPSA) is 50.1 Å². The van der Waals surface area contributed by atoms with Crippen molar-refractivity contribution in [2.75, 3.05) is 4.43 Å². The Bertz CT molecular complexity index is 613. The molecule has 2 aliphatic heterocycles. The molecule has 0 saturated heterocycles. The number of alkyl halides is 1. The first-order valence-corrected chi connectivity index (χ1v) is 11.8. The fourth-order valence-corrected chi connectivity index (χ4v) is 7.01. The predicted octanol–water partition coefficient (Wildman–Crippen LogP) is 3.56. The molecule has 0 aromatic heterocycles. The van der Waals surface area contributed by atoms with Gasteiger partial charge in [0.1, 0.15) is 0 Å². The Morgan fingerprint density at radius 3 is 2.96 bits per heavy atom. The molecule has 0 fully saturated rings. The first-order chi connectivity index (χ1) is 10.6. The van der Waals surface area contributed by atoms with E-state index >= 15 is 0 Å². The Morgan fingerprint density at radius 2 is 2.35 bits per heavy atom. The van der Waals surface area contributed by atoms with Crippen LogP contribution in [-0.4, -0.2) is 34.4 Å². The van der Waals surface area contributed by atoms with Gasteiger partial charge < -0.3 is 14.6 Å². The number of rotatable bonds is 6. The summed E-state index contributed by atoms with van der Waals surface area (Å²) >= 11 is -0.364. The van der Waals surface area contributed by atoms with Gasteiger partial charge in [-0.3, -0.25) is 11.6 Å². The summed E-state index contributed by atoms with van der Waals surface area (Å²) in [5.74, 6) is 0.188. The maximum absolute atomic E-state index is 10.6. The molecular formula is C17H19I2O3U+. The number of halogens is 2. The molecule has 2 heterocycles. The summed E-state index contributed by atoms with van der Waals surface area (Å²) in [6, 6.07) is 0. The molecule has 6 heteroatoms. The molecule has 0 aromatic carbocycles. The zero-order valence-corrected chi connectivity index (χ0v) is 21.4. The first-order valence-electron chi connectivity index (χ1n) is 6.91. The van der Waals surface area contributed by atoms with Gasteiger partial charge in [0, 0.05) is 26.8 Å². The Hall–Kier alpha value is 0.512. The van der Waals surface area contributed by atoms with Crippen molar-refractivity contribution in [3.05, 3.63) is 51.7 Å². The third kappa shape index (κ3) is 7.10. The summed E-state index contributed by atoms with van der Waals surface area (Å²) in [7, 11) is 0. The average Bonchev–Trinajstić information content (AvgIpc) is 2.54. The van der Waals surface area contributed by atoms with Crippen LogP contribution in [0.2, 0.25) is 0 Å². The van der Waals surface area contributed by atoms with E-state index in [1.807, 2.05) is 25.7 Å². The van der Waals surface area contributed by atoms with Crippen molar-refractivity contribution in [2.24, 2.45) is 5.92 Å². The van der Waals surface area contributed by atoms with Crippen molar-refractivity contribution in [1.82, 2.24) is 0 Å². The van der Waals surface area contributed by atoms with Gasteiger partial charge in [-0.2, -0.15) is 0 Å². The minimum absolute atomic E-state index is 0. The Labute approximate surface area is 181 Å². The number of allylic oxidation sites excluding steroid dienone is 5. The first kappa shape index (κ1) is 21.6. The molecule has 1 unspecified atom stereocenters. The summed E-state index contributed by atoms with van der Waals surface area (Å²) in [6.07, 6.45) is 13.5. The zero-order valence-electron chi connectivity index (χ0n) is 13.0. The van der Waals surface area contributed by atoms with Crippen LogP contribution in [0.3, 0.4) is 0 Å². The Balaban J connectivity index is 0.00000264. The van der Waals surface area contributed by atoms with Crippen LogP contribution >= 0.6 is 41.5 Å². The average molecular weight is 763 g/mol. The van der Waals surface area contributed by atoms with Crippen LogP contribution in [0.4, 0.5) is 0 Å². The van der Waals surface area contributed by atoms with Crippen LogP contribution in [0.1, 0.15) is 13.8 Å². The van der Waals surface area contributed by atoms with Gasteiger partial charge in [-0.05, 0) is 21.3 Å². The second kappa shape index (κ2) is 11.2. The number of ether oxygens (including phenoxy) is 1. The summed E-state index contributed by atoms with van der Waals surface area (Å²) in [4.78, 5) is 10.6. The summed E-state index contributed by atoms with van der Waals surface area (Å²) in [6.45, 7) is 3.57. The molecule has 23 heavy (non-hydrogen) atoms. The monoisotopic (exact) mass is 763 g/mol. The minimum Gasteiger partial charge on any atom is -0.578 e. The number of aliphatic hydroxyl groups excluding tert-OH is 1. The summed E-state index contributed by atoms with van der Waals surface area (Å²) in [5.41, 5.74) is 1.62. The molecule has 0 radical (unpaired) electrons. The predicted molar refractivity (Wildman–Crippen MR) is 111 cm³/mol. The molecule has 2 N–H and O–H groups in total. The fourth-order valence-electron chi connectivity index (χ4n) is 1.79. The maximum Gasteiger partial charge on any atom is 2.00 e. The molecule has 0 saturated carbocycles. The van der Waals surface area contributed by atoms with Crippen molar-refractivity contribution >= 4 is 55.5 Å². The second-order valence-corrected chi connectivity index (χ2v) is 10.1. The third-order valence-electron chi connectivity index (χ3n) is 3.10. The smallest absolute Gasteiger partial charge is 0.578 e. The minimum atomic E-state index is -0.343. The molecule has 0 amide bonds. The van der Waals surface area contributed by atoms with Gasteiger partial charge in [0.05, 0.1) is 6.10 Å². The van der Waals surface area contributed by atoms with Gasteiger partial charge in [0.15, 0.2) is 0 Å². The molecule has 2 aliphatic rings. The largest absolute Gasteiger partial charge is 2.00 e. The van der Waals surface area contributed by atoms with E-state index in [4.69, 9.17) is 4.74 Å². The van der Waals surface area contributed by atoms with Crippen molar-refractivity contribution in [3.8, 4) is 0 Å². The summed E-state index contributed by atoms with van der Waals surface area (Å²) < 4.78 is 10.4. The van der Waals surface area contributed by atoms with Gasteiger partial charge in [0.2, 0.25) is 3.69 Å². The normalized spacial score (nSPS) is 22.1. The van der Waals surface area contributed by atoms with Crippen molar-refractivity contribution < 1.29 is 45.8 Å². The molecule has 0 spiro atoms. The second-order valence-electron chi connectivity index (χ2n) is 4.94. The van der Waals surface area contributed by atoms with Gasteiger partial charge in [0.25, 0.3) is 3.77 Å². The quantitative estimate of drug-likeness (QED) is 0.148. The van der Waals surface area contributed by atoms with Crippen LogP contribution in [0.25, 0.3) is 0 Å². The molecule has 3 nitrogen and oxygen atoms in total. The molecule has 2 rings (SSSR count). The van der Waals surface area contributed by atoms with E-state index in [1.165, 1.54) is 3.77 Å². The van der Waals surface area contributed by atoms with Crippen LogP contribution in [0, 0.1) is 43.5 Å². The molecule has 0 aliphatic carbocycles. The number of carbonyl (C=O) groups excluding carboxylic acids is 1. The SMILES string of the molecule is CC([C-]=O)=C[CH-]C1=CC([C@@H](C)O)CI=C1[OH+]C1=CC=CC=I1.[U+2]. The van der Waals surface area contributed by atoms with E-state index in [0.717, 1.165) is 13.7 Å². The molecule has 0 aromatic rings. The van der Waals surface area contributed by atoms with E-state index in [1.54, 1.807) is 13.0 Å². The summed E-state index contributed by atoms with van der Waals surface area (Å²) in [5, 5.41) is 9.85. The van der Waals surface area contributed by atoms with Gasteiger partial charge >= 0.3 is 31.1 Å².